The number of hydrogen-bond acceptors (Lipinski definition) is 2. The Labute approximate surface area is 91.4 Å². The highest BCUT2D eigenvalue weighted by Crippen LogP contribution is 2.26. The molecule has 0 bridgehead atoms. The van der Waals surface area contributed by atoms with Crippen molar-refractivity contribution in [1.82, 2.24) is 0 Å². The van der Waals surface area contributed by atoms with Crippen molar-refractivity contribution in [2.24, 2.45) is 5.73 Å². The Morgan fingerprint density at radius 2 is 2.13 bits per heavy atom. The van der Waals surface area contributed by atoms with Gasteiger partial charge in [-0.1, -0.05) is 17.7 Å². The molecule has 1 heterocycles. The molecular weight excluding hydrogens is 184 g/mol. The summed E-state index contributed by atoms with van der Waals surface area (Å²) in [6, 6.07) is 6.47. The van der Waals surface area contributed by atoms with Gasteiger partial charge in [0.1, 0.15) is 0 Å². The van der Waals surface area contributed by atoms with Crippen molar-refractivity contribution >= 4 is 5.69 Å². The Morgan fingerprint density at radius 3 is 2.67 bits per heavy atom. The minimum atomic E-state index is 0.621. The van der Waals surface area contributed by atoms with E-state index < -0.39 is 0 Å². The number of aryl methyl sites for hydroxylation is 1. The molecule has 0 unspecified atom stereocenters. The highest BCUT2D eigenvalue weighted by atomic mass is 15.1. The van der Waals surface area contributed by atoms with Crippen LogP contribution < -0.4 is 10.6 Å². The Morgan fingerprint density at radius 1 is 1.33 bits per heavy atom. The van der Waals surface area contributed by atoms with Crippen LogP contribution in [-0.4, -0.2) is 6.54 Å². The average molecular weight is 202 g/mol. The van der Waals surface area contributed by atoms with Crippen LogP contribution >= 0.6 is 0 Å². The molecule has 80 valence electrons. The van der Waals surface area contributed by atoms with Gasteiger partial charge in [0.15, 0.2) is 0 Å². The van der Waals surface area contributed by atoms with E-state index in [0.29, 0.717) is 6.54 Å². The van der Waals surface area contributed by atoms with Gasteiger partial charge in [0.05, 0.1) is 0 Å². The maximum absolute atomic E-state index is 5.62. The third kappa shape index (κ3) is 2.05. The molecule has 0 spiro atoms. The molecule has 0 saturated heterocycles. The number of hydrogen-bond donors (Lipinski definition) is 1. The third-order valence-electron chi connectivity index (χ3n) is 2.93. The predicted octanol–water partition coefficient (Wildman–Crippen LogP) is 2.57. The number of benzene rings is 1. The van der Waals surface area contributed by atoms with E-state index in [1.807, 2.05) is 0 Å². The standard InChI is InChI=1S/C13H18N2/c1-10-5-6-15(9-10)13-4-3-12(8-14)7-11(13)2/h3-4,7,9H,5-6,8,14H2,1-2H3. The number of nitrogens with two attached hydrogens (primary N) is 1. The summed E-state index contributed by atoms with van der Waals surface area (Å²) in [5.74, 6) is 0. The summed E-state index contributed by atoms with van der Waals surface area (Å²) >= 11 is 0. The highest BCUT2D eigenvalue weighted by molar-refractivity contribution is 5.58. The molecule has 1 aromatic carbocycles. The van der Waals surface area contributed by atoms with Gasteiger partial charge in [0.2, 0.25) is 0 Å². The maximum atomic E-state index is 5.62. The first-order valence-electron chi connectivity index (χ1n) is 5.44. The van der Waals surface area contributed by atoms with Crippen molar-refractivity contribution in [2.45, 2.75) is 26.8 Å². The van der Waals surface area contributed by atoms with E-state index in [1.54, 1.807) is 0 Å². The van der Waals surface area contributed by atoms with Crippen molar-refractivity contribution in [3.8, 4) is 0 Å². The Hall–Kier alpha value is -1.28. The quantitative estimate of drug-likeness (QED) is 0.798. The van der Waals surface area contributed by atoms with Gasteiger partial charge in [-0.2, -0.15) is 0 Å². The van der Waals surface area contributed by atoms with E-state index in [0.717, 1.165) is 6.54 Å². The second kappa shape index (κ2) is 4.07. The summed E-state index contributed by atoms with van der Waals surface area (Å²) in [5.41, 5.74) is 10.9. The molecule has 1 aliphatic heterocycles. The summed E-state index contributed by atoms with van der Waals surface area (Å²) in [5, 5.41) is 0. The van der Waals surface area contributed by atoms with E-state index >= 15 is 0 Å². The third-order valence-corrected chi connectivity index (χ3v) is 2.93. The smallest absolute Gasteiger partial charge is 0.0436 e. The molecule has 0 fully saturated rings. The van der Waals surface area contributed by atoms with Crippen LogP contribution in [0.3, 0.4) is 0 Å². The van der Waals surface area contributed by atoms with Crippen LogP contribution in [0.15, 0.2) is 30.0 Å². The second-order valence-electron chi connectivity index (χ2n) is 4.24. The summed E-state index contributed by atoms with van der Waals surface area (Å²) in [4.78, 5) is 2.32. The first kappa shape index (κ1) is 10.2. The van der Waals surface area contributed by atoms with Crippen LogP contribution in [0.25, 0.3) is 0 Å². The molecule has 1 aromatic rings. The first-order chi connectivity index (χ1) is 7.20. The molecule has 2 N–H and O–H groups in total. The van der Waals surface area contributed by atoms with Crippen molar-refractivity contribution in [3.05, 3.63) is 41.1 Å². The van der Waals surface area contributed by atoms with E-state index in [-0.39, 0.29) is 0 Å². The van der Waals surface area contributed by atoms with Gasteiger partial charge < -0.3 is 10.6 Å². The van der Waals surface area contributed by atoms with E-state index in [2.05, 4.69) is 43.1 Å². The number of rotatable bonds is 2. The molecule has 0 atom stereocenters. The van der Waals surface area contributed by atoms with Crippen LogP contribution in [0.4, 0.5) is 5.69 Å². The van der Waals surface area contributed by atoms with Gasteiger partial charge in [-0.05, 0) is 37.5 Å². The van der Waals surface area contributed by atoms with E-state index in [9.17, 15) is 0 Å². The van der Waals surface area contributed by atoms with E-state index in [1.165, 1.54) is 28.8 Å². The molecule has 1 aliphatic rings. The fraction of sp³-hybridized carbons (Fsp3) is 0.385. The fourth-order valence-corrected chi connectivity index (χ4v) is 2.05. The lowest BCUT2D eigenvalue weighted by Gasteiger charge is -2.18. The van der Waals surface area contributed by atoms with Gasteiger partial charge in [-0.25, -0.2) is 0 Å². The molecule has 0 saturated carbocycles. The van der Waals surface area contributed by atoms with Crippen LogP contribution in [0, 0.1) is 6.92 Å². The molecule has 0 amide bonds. The average Bonchev–Trinajstić information content (AvgIpc) is 2.64. The van der Waals surface area contributed by atoms with Crippen molar-refractivity contribution in [2.75, 3.05) is 11.4 Å². The Bertz CT molecular complexity index is 394. The predicted molar refractivity (Wildman–Crippen MR) is 64.8 cm³/mol. The number of anilines is 1. The zero-order valence-corrected chi connectivity index (χ0v) is 9.46. The van der Waals surface area contributed by atoms with Gasteiger partial charge in [0, 0.05) is 25.0 Å². The first-order valence-corrected chi connectivity index (χ1v) is 5.44. The van der Waals surface area contributed by atoms with Crippen LogP contribution in [-0.2, 0) is 6.54 Å². The SMILES string of the molecule is CC1=CN(c2ccc(CN)cc2C)CC1. The largest absolute Gasteiger partial charge is 0.348 e. The lowest BCUT2D eigenvalue weighted by molar-refractivity contribution is 0.969. The van der Waals surface area contributed by atoms with Gasteiger partial charge in [-0.3, -0.25) is 0 Å². The zero-order valence-electron chi connectivity index (χ0n) is 9.46. The molecular formula is C13H18N2. The molecule has 0 radical (unpaired) electrons. The molecule has 0 aliphatic carbocycles. The minimum absolute atomic E-state index is 0.621. The summed E-state index contributed by atoms with van der Waals surface area (Å²) in [7, 11) is 0. The van der Waals surface area contributed by atoms with Gasteiger partial charge in [-0.15, -0.1) is 0 Å². The maximum Gasteiger partial charge on any atom is 0.0436 e. The summed E-state index contributed by atoms with van der Waals surface area (Å²) < 4.78 is 0. The molecule has 2 heteroatoms. The van der Waals surface area contributed by atoms with Crippen molar-refractivity contribution in [1.29, 1.82) is 0 Å². The minimum Gasteiger partial charge on any atom is -0.348 e. The normalized spacial score (nSPS) is 15.7. The Kier molecular flexibility index (Phi) is 2.78. The topological polar surface area (TPSA) is 29.3 Å². The zero-order chi connectivity index (χ0) is 10.8. The number of nitrogens with zero attached hydrogens (tertiary/aromatic N) is 1. The summed E-state index contributed by atoms with van der Waals surface area (Å²) in [6.07, 6.45) is 3.42. The lowest BCUT2D eigenvalue weighted by Crippen LogP contribution is -2.13. The monoisotopic (exact) mass is 202 g/mol. The molecule has 2 nitrogen and oxygen atoms in total. The second-order valence-corrected chi connectivity index (χ2v) is 4.24. The van der Waals surface area contributed by atoms with Gasteiger partial charge in [0.25, 0.3) is 0 Å². The Balaban J connectivity index is 2.29. The highest BCUT2D eigenvalue weighted by Gasteiger charge is 2.12. The van der Waals surface area contributed by atoms with Crippen molar-refractivity contribution < 1.29 is 0 Å². The van der Waals surface area contributed by atoms with Crippen LogP contribution in [0.1, 0.15) is 24.5 Å². The van der Waals surface area contributed by atoms with Crippen molar-refractivity contribution in [3.63, 3.8) is 0 Å². The molecule has 0 aromatic heterocycles. The van der Waals surface area contributed by atoms with E-state index in [4.69, 9.17) is 5.73 Å². The van der Waals surface area contributed by atoms with Crippen LogP contribution in [0.5, 0.6) is 0 Å². The fourth-order valence-electron chi connectivity index (χ4n) is 2.05. The van der Waals surface area contributed by atoms with Crippen LogP contribution in [0.2, 0.25) is 0 Å². The molecule has 2 rings (SSSR count). The summed E-state index contributed by atoms with van der Waals surface area (Å²) in [6.45, 7) is 6.06. The molecule has 15 heavy (non-hydrogen) atoms. The van der Waals surface area contributed by atoms with Gasteiger partial charge >= 0.3 is 0 Å². The lowest BCUT2D eigenvalue weighted by atomic mass is 10.1.